The van der Waals surface area contributed by atoms with Crippen molar-refractivity contribution in [2.75, 3.05) is 5.32 Å². The summed E-state index contributed by atoms with van der Waals surface area (Å²) in [5, 5.41) is 13.4. The zero-order valence-corrected chi connectivity index (χ0v) is 9.81. The number of nitrogens with one attached hydrogen (secondary N) is 2. The van der Waals surface area contributed by atoms with Crippen LogP contribution in [0.15, 0.2) is 35.5 Å². The highest BCUT2D eigenvalue weighted by molar-refractivity contribution is 7.89. The number of nitrogens with two attached hydrogens (primary N) is 1. The first-order chi connectivity index (χ1) is 8.47. The van der Waals surface area contributed by atoms with Gasteiger partial charge in [-0.3, -0.25) is 9.89 Å². The van der Waals surface area contributed by atoms with Crippen LogP contribution in [0.25, 0.3) is 0 Å². The predicted molar refractivity (Wildman–Crippen MR) is 62.2 cm³/mol. The van der Waals surface area contributed by atoms with E-state index in [9.17, 15) is 13.2 Å². The summed E-state index contributed by atoms with van der Waals surface area (Å²) in [6.45, 7) is 0. The van der Waals surface area contributed by atoms with Crippen molar-refractivity contribution in [3.8, 4) is 0 Å². The van der Waals surface area contributed by atoms with Crippen LogP contribution in [0.1, 0.15) is 10.6 Å². The fourth-order valence-electron chi connectivity index (χ4n) is 1.26. The molecular formula is C9H9N5O3S. The summed E-state index contributed by atoms with van der Waals surface area (Å²) in [7, 11) is -3.80. The fourth-order valence-corrected chi connectivity index (χ4v) is 1.82. The number of hydrogen-bond acceptors (Lipinski definition) is 5. The maximum absolute atomic E-state index is 11.6. The standard InChI is InChI=1S/C9H9N5O3S/c10-18(16,17)7-3-1-2-6(4-7)13-9(15)8-11-5-12-14-8/h1-5H,(H,13,15)(H2,10,16,17)(H,11,12,14). The normalized spacial score (nSPS) is 11.2. The quantitative estimate of drug-likeness (QED) is 0.702. The lowest BCUT2D eigenvalue weighted by atomic mass is 10.3. The number of aromatic amines is 1. The molecule has 18 heavy (non-hydrogen) atoms. The first-order valence-corrected chi connectivity index (χ1v) is 6.31. The van der Waals surface area contributed by atoms with Crippen LogP contribution < -0.4 is 10.5 Å². The van der Waals surface area contributed by atoms with E-state index in [1.165, 1.54) is 30.6 Å². The summed E-state index contributed by atoms with van der Waals surface area (Å²) in [6.07, 6.45) is 1.19. The molecule has 0 unspecified atom stereocenters. The van der Waals surface area contributed by atoms with E-state index in [4.69, 9.17) is 5.14 Å². The number of carbonyl (C=O) groups is 1. The van der Waals surface area contributed by atoms with E-state index in [1.54, 1.807) is 0 Å². The van der Waals surface area contributed by atoms with Crippen LogP contribution in [0.2, 0.25) is 0 Å². The summed E-state index contributed by atoms with van der Waals surface area (Å²) in [5.41, 5.74) is 0.294. The van der Waals surface area contributed by atoms with Crippen molar-refractivity contribution < 1.29 is 13.2 Å². The van der Waals surface area contributed by atoms with Gasteiger partial charge in [-0.05, 0) is 18.2 Å². The van der Waals surface area contributed by atoms with Crippen molar-refractivity contribution in [3.63, 3.8) is 0 Å². The molecule has 0 fully saturated rings. The van der Waals surface area contributed by atoms with Gasteiger partial charge in [-0.15, -0.1) is 0 Å². The number of sulfonamides is 1. The third kappa shape index (κ3) is 2.70. The van der Waals surface area contributed by atoms with E-state index < -0.39 is 15.9 Å². The van der Waals surface area contributed by atoms with E-state index in [-0.39, 0.29) is 10.7 Å². The van der Waals surface area contributed by atoms with Gasteiger partial charge in [0, 0.05) is 5.69 Å². The average Bonchev–Trinajstić information content (AvgIpc) is 2.81. The van der Waals surface area contributed by atoms with Gasteiger partial charge in [0.05, 0.1) is 4.90 Å². The number of rotatable bonds is 3. The summed E-state index contributed by atoms with van der Waals surface area (Å²) >= 11 is 0. The lowest BCUT2D eigenvalue weighted by Gasteiger charge is -2.04. The number of carbonyl (C=O) groups excluding carboxylic acids is 1. The summed E-state index contributed by atoms with van der Waals surface area (Å²) in [5.74, 6) is -0.505. The van der Waals surface area contributed by atoms with Crippen molar-refractivity contribution in [1.82, 2.24) is 15.2 Å². The van der Waals surface area contributed by atoms with Crippen molar-refractivity contribution in [3.05, 3.63) is 36.4 Å². The van der Waals surface area contributed by atoms with Gasteiger partial charge in [-0.1, -0.05) is 6.07 Å². The summed E-state index contributed by atoms with van der Waals surface area (Å²) in [6, 6.07) is 5.59. The molecule has 0 bridgehead atoms. The SMILES string of the molecule is NS(=O)(=O)c1cccc(NC(=O)c2ncn[nH]2)c1. The second-order valence-corrected chi connectivity index (χ2v) is 4.92. The van der Waals surface area contributed by atoms with E-state index in [2.05, 4.69) is 20.5 Å². The molecule has 1 heterocycles. The Bertz CT molecular complexity index is 665. The van der Waals surface area contributed by atoms with E-state index in [1.807, 2.05) is 0 Å². The van der Waals surface area contributed by atoms with Gasteiger partial charge < -0.3 is 5.32 Å². The lowest BCUT2D eigenvalue weighted by molar-refractivity contribution is 0.101. The van der Waals surface area contributed by atoms with Gasteiger partial charge in [0.2, 0.25) is 15.8 Å². The van der Waals surface area contributed by atoms with Crippen LogP contribution in [-0.4, -0.2) is 29.5 Å². The Morgan fingerprint density at radius 1 is 1.39 bits per heavy atom. The molecule has 2 rings (SSSR count). The molecule has 8 nitrogen and oxygen atoms in total. The Kier molecular flexibility index (Phi) is 3.08. The Hall–Kier alpha value is -2.26. The lowest BCUT2D eigenvalue weighted by Crippen LogP contribution is -2.15. The fraction of sp³-hybridized carbons (Fsp3) is 0. The molecule has 0 saturated heterocycles. The molecular weight excluding hydrogens is 258 g/mol. The number of H-pyrrole nitrogens is 1. The van der Waals surface area contributed by atoms with Crippen molar-refractivity contribution in [2.45, 2.75) is 4.90 Å². The highest BCUT2D eigenvalue weighted by Gasteiger charge is 2.11. The molecule has 0 aliphatic heterocycles. The first-order valence-electron chi connectivity index (χ1n) is 4.76. The first kappa shape index (κ1) is 12.2. The largest absolute Gasteiger partial charge is 0.319 e. The summed E-state index contributed by atoms with van der Waals surface area (Å²) in [4.78, 5) is 15.2. The molecule has 4 N–H and O–H groups in total. The molecule has 1 aromatic carbocycles. The van der Waals surface area contributed by atoms with Gasteiger partial charge in [0.25, 0.3) is 5.91 Å². The molecule has 0 radical (unpaired) electrons. The number of primary sulfonamides is 1. The molecule has 1 aromatic heterocycles. The molecule has 0 aliphatic rings. The number of nitrogens with zero attached hydrogens (tertiary/aromatic N) is 2. The molecule has 0 saturated carbocycles. The second-order valence-electron chi connectivity index (χ2n) is 3.36. The van der Waals surface area contributed by atoms with Crippen molar-refractivity contribution >= 4 is 21.6 Å². The molecule has 0 aliphatic carbocycles. The number of anilines is 1. The maximum Gasteiger partial charge on any atom is 0.292 e. The number of aromatic nitrogens is 3. The molecule has 9 heteroatoms. The van der Waals surface area contributed by atoms with Gasteiger partial charge in [0.1, 0.15) is 6.33 Å². The smallest absolute Gasteiger partial charge is 0.292 e. The number of amides is 1. The molecule has 94 valence electrons. The van der Waals surface area contributed by atoms with Gasteiger partial charge >= 0.3 is 0 Å². The number of benzene rings is 1. The third-order valence-electron chi connectivity index (χ3n) is 2.05. The van der Waals surface area contributed by atoms with Crippen LogP contribution in [0.4, 0.5) is 5.69 Å². The molecule has 2 aromatic rings. The molecule has 0 spiro atoms. The van der Waals surface area contributed by atoms with Gasteiger partial charge in [-0.2, -0.15) is 5.10 Å². The highest BCUT2D eigenvalue weighted by atomic mass is 32.2. The summed E-state index contributed by atoms with van der Waals surface area (Å²) < 4.78 is 22.3. The van der Waals surface area contributed by atoms with Crippen LogP contribution >= 0.6 is 0 Å². The van der Waals surface area contributed by atoms with E-state index in [0.717, 1.165) is 0 Å². The van der Waals surface area contributed by atoms with Crippen LogP contribution in [0.3, 0.4) is 0 Å². The number of hydrogen-bond donors (Lipinski definition) is 3. The van der Waals surface area contributed by atoms with Gasteiger partial charge in [-0.25, -0.2) is 18.5 Å². The highest BCUT2D eigenvalue weighted by Crippen LogP contribution is 2.14. The Labute approximate surface area is 102 Å². The van der Waals surface area contributed by atoms with Crippen molar-refractivity contribution in [1.29, 1.82) is 0 Å². The minimum Gasteiger partial charge on any atom is -0.319 e. The van der Waals surface area contributed by atoms with Crippen LogP contribution in [-0.2, 0) is 10.0 Å². The molecule has 1 amide bonds. The Morgan fingerprint density at radius 2 is 2.17 bits per heavy atom. The van der Waals surface area contributed by atoms with Crippen molar-refractivity contribution in [2.24, 2.45) is 5.14 Å². The average molecular weight is 267 g/mol. The maximum atomic E-state index is 11.6. The van der Waals surface area contributed by atoms with Gasteiger partial charge in [0.15, 0.2) is 0 Å². The third-order valence-corrected chi connectivity index (χ3v) is 2.96. The predicted octanol–water partition coefficient (Wildman–Crippen LogP) is -0.296. The Balaban J connectivity index is 2.23. The minimum atomic E-state index is -3.80. The van der Waals surface area contributed by atoms with Crippen LogP contribution in [0.5, 0.6) is 0 Å². The van der Waals surface area contributed by atoms with E-state index in [0.29, 0.717) is 5.69 Å². The monoisotopic (exact) mass is 267 g/mol. The topological polar surface area (TPSA) is 131 Å². The molecule has 0 atom stereocenters. The zero-order valence-electron chi connectivity index (χ0n) is 8.99. The Morgan fingerprint density at radius 3 is 2.78 bits per heavy atom. The van der Waals surface area contributed by atoms with Crippen LogP contribution in [0, 0.1) is 0 Å². The van der Waals surface area contributed by atoms with E-state index >= 15 is 0 Å². The second kappa shape index (κ2) is 4.55. The zero-order chi connectivity index (χ0) is 13.2. The minimum absolute atomic E-state index is 0.0241.